The summed E-state index contributed by atoms with van der Waals surface area (Å²) in [6.45, 7) is 0.798. The van der Waals surface area contributed by atoms with E-state index in [1.807, 2.05) is 30.3 Å². The first-order chi connectivity index (χ1) is 13.1. The molecule has 0 aliphatic heterocycles. The molecule has 3 rings (SSSR count). The number of benzene rings is 3. The molecule has 0 aromatic heterocycles. The highest BCUT2D eigenvalue weighted by atomic mass is 35.5. The third kappa shape index (κ3) is 5.46. The van der Waals surface area contributed by atoms with Gasteiger partial charge in [0.15, 0.2) is 0 Å². The number of para-hydroxylation sites is 1. The van der Waals surface area contributed by atoms with Gasteiger partial charge in [-0.3, -0.25) is 4.79 Å². The van der Waals surface area contributed by atoms with E-state index in [0.717, 1.165) is 5.75 Å². The van der Waals surface area contributed by atoms with Gasteiger partial charge in [-0.05, 0) is 54.6 Å². The van der Waals surface area contributed by atoms with Gasteiger partial charge in [0, 0.05) is 11.3 Å². The van der Waals surface area contributed by atoms with Crippen molar-refractivity contribution in [1.82, 2.24) is 0 Å². The fourth-order valence-electron chi connectivity index (χ4n) is 2.32. The molecule has 0 bridgehead atoms. The molecule has 0 unspecified atom stereocenters. The summed E-state index contributed by atoms with van der Waals surface area (Å²) in [5.74, 6) is 0.561. The Bertz CT molecular complexity index is 901. The first-order valence-electron chi connectivity index (χ1n) is 8.29. The van der Waals surface area contributed by atoms with Crippen molar-refractivity contribution in [2.24, 2.45) is 0 Å². The van der Waals surface area contributed by atoms with Gasteiger partial charge in [0.05, 0.1) is 5.02 Å². The second-order valence-corrected chi connectivity index (χ2v) is 6.02. The van der Waals surface area contributed by atoms with E-state index in [2.05, 4.69) is 5.32 Å². The number of carbonyl (C=O) groups excluding carboxylic acids is 1. The van der Waals surface area contributed by atoms with Crippen molar-refractivity contribution < 1.29 is 18.7 Å². The lowest BCUT2D eigenvalue weighted by molar-refractivity contribution is 0.102. The van der Waals surface area contributed by atoms with Crippen LogP contribution in [0.1, 0.15) is 10.4 Å². The Morgan fingerprint density at radius 3 is 2.15 bits per heavy atom. The average Bonchev–Trinajstić information content (AvgIpc) is 2.69. The molecule has 27 heavy (non-hydrogen) atoms. The van der Waals surface area contributed by atoms with Crippen LogP contribution in [0.4, 0.5) is 10.1 Å². The molecule has 0 spiro atoms. The number of hydrogen-bond donors (Lipinski definition) is 1. The van der Waals surface area contributed by atoms with Crippen molar-refractivity contribution in [2.45, 2.75) is 0 Å². The highest BCUT2D eigenvalue weighted by Crippen LogP contribution is 2.20. The van der Waals surface area contributed by atoms with Crippen molar-refractivity contribution in [3.8, 4) is 11.5 Å². The van der Waals surface area contributed by atoms with E-state index in [0.29, 0.717) is 30.2 Å². The molecule has 0 fully saturated rings. The lowest BCUT2D eigenvalue weighted by atomic mass is 10.2. The van der Waals surface area contributed by atoms with Crippen LogP contribution in [0.3, 0.4) is 0 Å². The topological polar surface area (TPSA) is 47.6 Å². The van der Waals surface area contributed by atoms with Crippen molar-refractivity contribution >= 4 is 23.2 Å². The summed E-state index contributed by atoms with van der Waals surface area (Å²) in [5, 5.41) is 2.62. The van der Waals surface area contributed by atoms with Crippen LogP contribution in [0.2, 0.25) is 5.02 Å². The summed E-state index contributed by atoms with van der Waals surface area (Å²) in [5.41, 5.74) is 0.869. The number of nitrogens with one attached hydrogen (secondary N) is 1. The molecule has 1 N–H and O–H groups in total. The van der Waals surface area contributed by atoms with Crippen LogP contribution >= 0.6 is 11.6 Å². The predicted octanol–water partition coefficient (Wildman–Crippen LogP) is 5.19. The maximum atomic E-state index is 13.2. The minimum atomic E-state index is -0.535. The number of amides is 1. The van der Waals surface area contributed by atoms with Crippen LogP contribution < -0.4 is 14.8 Å². The molecule has 1 amide bonds. The maximum Gasteiger partial charge on any atom is 0.255 e. The van der Waals surface area contributed by atoms with Gasteiger partial charge < -0.3 is 14.8 Å². The minimum Gasteiger partial charge on any atom is -0.490 e. The van der Waals surface area contributed by atoms with E-state index < -0.39 is 5.82 Å². The highest BCUT2D eigenvalue weighted by Gasteiger charge is 2.08. The van der Waals surface area contributed by atoms with E-state index in [1.54, 1.807) is 24.3 Å². The van der Waals surface area contributed by atoms with Crippen molar-refractivity contribution in [2.75, 3.05) is 18.5 Å². The van der Waals surface area contributed by atoms with Gasteiger partial charge in [0.2, 0.25) is 0 Å². The molecule has 138 valence electrons. The molecular weight excluding hydrogens is 369 g/mol. The molecule has 3 aromatic rings. The Balaban J connectivity index is 1.49. The number of anilines is 1. The van der Waals surface area contributed by atoms with E-state index in [9.17, 15) is 9.18 Å². The zero-order valence-corrected chi connectivity index (χ0v) is 15.1. The van der Waals surface area contributed by atoms with Crippen LogP contribution in [-0.4, -0.2) is 19.1 Å². The van der Waals surface area contributed by atoms with Crippen LogP contribution in [0.5, 0.6) is 11.5 Å². The number of halogens is 2. The van der Waals surface area contributed by atoms with Crippen LogP contribution in [0.15, 0.2) is 72.8 Å². The quantitative estimate of drug-likeness (QED) is 0.569. The first-order valence-corrected chi connectivity index (χ1v) is 8.67. The van der Waals surface area contributed by atoms with Crippen molar-refractivity contribution in [3.05, 3.63) is 89.2 Å². The third-order valence-electron chi connectivity index (χ3n) is 3.66. The fraction of sp³-hybridized carbons (Fsp3) is 0.0952. The Morgan fingerprint density at radius 1 is 0.889 bits per heavy atom. The minimum absolute atomic E-state index is 0.0470. The molecule has 4 nitrogen and oxygen atoms in total. The van der Waals surface area contributed by atoms with E-state index in [4.69, 9.17) is 21.1 Å². The van der Waals surface area contributed by atoms with Gasteiger partial charge >= 0.3 is 0 Å². The summed E-state index contributed by atoms with van der Waals surface area (Å²) in [7, 11) is 0. The lowest BCUT2D eigenvalue weighted by Gasteiger charge is -2.09. The summed E-state index contributed by atoms with van der Waals surface area (Å²) in [4.78, 5) is 12.2. The van der Waals surface area contributed by atoms with Gasteiger partial charge in [0.1, 0.15) is 30.5 Å². The molecule has 0 atom stereocenters. The first kappa shape index (κ1) is 18.7. The zero-order valence-electron chi connectivity index (χ0n) is 14.3. The highest BCUT2D eigenvalue weighted by molar-refractivity contribution is 6.31. The lowest BCUT2D eigenvalue weighted by Crippen LogP contribution is -2.12. The molecule has 0 radical (unpaired) electrons. The molecule has 0 aliphatic rings. The largest absolute Gasteiger partial charge is 0.490 e. The Hall–Kier alpha value is -3.05. The van der Waals surface area contributed by atoms with E-state index >= 15 is 0 Å². The zero-order chi connectivity index (χ0) is 19.1. The summed E-state index contributed by atoms with van der Waals surface area (Å²) in [6, 6.07) is 20.2. The van der Waals surface area contributed by atoms with Gasteiger partial charge in [-0.1, -0.05) is 29.8 Å². The van der Waals surface area contributed by atoms with Gasteiger partial charge in [-0.15, -0.1) is 0 Å². The number of carbonyl (C=O) groups is 1. The van der Waals surface area contributed by atoms with Crippen LogP contribution in [-0.2, 0) is 0 Å². The molecular formula is C21H17ClFNO3. The van der Waals surface area contributed by atoms with Crippen molar-refractivity contribution in [3.63, 3.8) is 0 Å². The number of hydrogen-bond acceptors (Lipinski definition) is 3. The van der Waals surface area contributed by atoms with E-state index in [-0.39, 0.29) is 10.9 Å². The number of rotatable bonds is 7. The Morgan fingerprint density at radius 2 is 1.52 bits per heavy atom. The second-order valence-electron chi connectivity index (χ2n) is 5.62. The van der Waals surface area contributed by atoms with Crippen molar-refractivity contribution in [1.29, 1.82) is 0 Å². The molecule has 3 aromatic carbocycles. The fourth-order valence-corrected chi connectivity index (χ4v) is 2.50. The van der Waals surface area contributed by atoms with Gasteiger partial charge in [0.25, 0.3) is 5.91 Å². The van der Waals surface area contributed by atoms with Gasteiger partial charge in [-0.25, -0.2) is 4.39 Å². The molecule has 0 heterocycles. The summed E-state index contributed by atoms with van der Waals surface area (Å²) < 4.78 is 24.3. The smallest absolute Gasteiger partial charge is 0.255 e. The molecule has 0 aliphatic carbocycles. The third-order valence-corrected chi connectivity index (χ3v) is 3.95. The van der Waals surface area contributed by atoms with Gasteiger partial charge in [-0.2, -0.15) is 0 Å². The summed E-state index contributed by atoms with van der Waals surface area (Å²) >= 11 is 5.71. The second kappa shape index (κ2) is 9.05. The maximum absolute atomic E-state index is 13.2. The Kier molecular flexibility index (Phi) is 6.28. The molecule has 0 saturated heterocycles. The molecule has 0 saturated carbocycles. The normalized spacial score (nSPS) is 10.3. The SMILES string of the molecule is O=C(Nc1ccc(F)c(Cl)c1)c1ccc(OCCOc2ccccc2)cc1. The molecule has 6 heteroatoms. The Labute approximate surface area is 161 Å². The monoisotopic (exact) mass is 385 g/mol. The van der Waals surface area contributed by atoms with Crippen LogP contribution in [0, 0.1) is 5.82 Å². The number of ether oxygens (including phenoxy) is 2. The van der Waals surface area contributed by atoms with Crippen LogP contribution in [0.25, 0.3) is 0 Å². The predicted molar refractivity (Wildman–Crippen MR) is 103 cm³/mol. The van der Waals surface area contributed by atoms with E-state index in [1.165, 1.54) is 18.2 Å². The standard InChI is InChI=1S/C21H17ClFNO3/c22-19-14-16(8-11-20(19)23)24-21(25)15-6-9-18(10-7-15)27-13-12-26-17-4-2-1-3-5-17/h1-11,14H,12-13H2,(H,24,25). The average molecular weight is 386 g/mol. The summed E-state index contributed by atoms with van der Waals surface area (Å²) in [6.07, 6.45) is 0.